The molecular formula is C42H62O11. The maximum atomic E-state index is 14.3. The number of rotatable bonds is 6. The molecule has 0 radical (unpaired) electrons. The highest BCUT2D eigenvalue weighted by molar-refractivity contribution is 5.78. The molecule has 5 aliphatic heterocycles. The molecule has 11 nitrogen and oxygen atoms in total. The molecule has 53 heavy (non-hydrogen) atoms. The Hall–Kier alpha value is -2.19. The summed E-state index contributed by atoms with van der Waals surface area (Å²) in [7, 11) is 3.17. The first kappa shape index (κ1) is 40.5. The quantitative estimate of drug-likeness (QED) is 0.265. The van der Waals surface area contributed by atoms with Crippen LogP contribution >= 0.6 is 0 Å². The van der Waals surface area contributed by atoms with Crippen LogP contribution in [-0.4, -0.2) is 110 Å². The summed E-state index contributed by atoms with van der Waals surface area (Å²) in [6.07, 6.45) is 11.6. The zero-order chi connectivity index (χ0) is 38.2. The van der Waals surface area contributed by atoms with Crippen molar-refractivity contribution in [1.82, 2.24) is 0 Å². The monoisotopic (exact) mass is 742 g/mol. The fourth-order valence-corrected chi connectivity index (χ4v) is 9.16. The van der Waals surface area contributed by atoms with E-state index in [1.807, 2.05) is 45.1 Å². The lowest BCUT2D eigenvalue weighted by Crippen LogP contribution is -2.58. The van der Waals surface area contributed by atoms with Crippen molar-refractivity contribution in [3.05, 3.63) is 59.3 Å². The number of allylic oxidation sites excluding steroid dienone is 2. The molecule has 11 heteroatoms. The molecule has 0 aromatic carbocycles. The minimum Gasteiger partial charge on any atom is -0.462 e. The van der Waals surface area contributed by atoms with Crippen LogP contribution in [0.1, 0.15) is 80.6 Å². The van der Waals surface area contributed by atoms with Crippen LogP contribution in [0.2, 0.25) is 0 Å². The van der Waals surface area contributed by atoms with Gasteiger partial charge in [0.15, 0.2) is 12.1 Å². The Morgan fingerprint density at radius 1 is 1.00 bits per heavy atom. The van der Waals surface area contributed by atoms with Crippen LogP contribution in [-0.2, 0) is 42.7 Å². The third-order valence-corrected chi connectivity index (χ3v) is 12.5. The third-order valence-electron chi connectivity index (χ3n) is 12.5. The molecule has 1 aliphatic carbocycles. The number of carbonyl (C=O) groups is 1. The van der Waals surface area contributed by atoms with E-state index < -0.39 is 72.3 Å². The molecule has 6 aliphatic rings. The molecule has 296 valence electrons. The summed E-state index contributed by atoms with van der Waals surface area (Å²) in [5.74, 6) is -2.23. The predicted molar refractivity (Wildman–Crippen MR) is 197 cm³/mol. The molecule has 16 atom stereocenters. The highest BCUT2D eigenvalue weighted by Crippen LogP contribution is 2.47. The van der Waals surface area contributed by atoms with Gasteiger partial charge in [0.2, 0.25) is 0 Å². The van der Waals surface area contributed by atoms with Gasteiger partial charge in [-0.25, -0.2) is 0 Å². The highest BCUT2D eigenvalue weighted by atomic mass is 16.7. The van der Waals surface area contributed by atoms with Crippen molar-refractivity contribution in [2.45, 2.75) is 153 Å². The van der Waals surface area contributed by atoms with Crippen LogP contribution < -0.4 is 0 Å². The summed E-state index contributed by atoms with van der Waals surface area (Å²) < 4.78 is 50.6. The third kappa shape index (κ3) is 8.07. The number of hydrogen-bond donors (Lipinski definition) is 2. The largest absolute Gasteiger partial charge is 0.462 e. The number of ether oxygens (including phenoxy) is 8. The van der Waals surface area contributed by atoms with Gasteiger partial charge in [-0.3, -0.25) is 4.79 Å². The average molecular weight is 743 g/mol. The van der Waals surface area contributed by atoms with Gasteiger partial charge in [0.1, 0.15) is 35.9 Å². The molecule has 0 aromatic rings. The van der Waals surface area contributed by atoms with E-state index in [0.717, 1.165) is 17.6 Å². The number of aliphatic hydroxyl groups excluding tert-OH is 1. The van der Waals surface area contributed by atoms with Gasteiger partial charge in [-0.15, -0.1) is 0 Å². The average Bonchev–Trinajstić information content (AvgIpc) is 3.46. The van der Waals surface area contributed by atoms with Crippen LogP contribution in [0.3, 0.4) is 0 Å². The first-order valence-corrected chi connectivity index (χ1v) is 19.6. The first-order valence-electron chi connectivity index (χ1n) is 19.6. The van der Waals surface area contributed by atoms with Gasteiger partial charge >= 0.3 is 5.97 Å². The lowest BCUT2D eigenvalue weighted by Gasteiger charge is -2.48. The lowest BCUT2D eigenvalue weighted by atomic mass is 9.70. The van der Waals surface area contributed by atoms with Crippen molar-refractivity contribution >= 4 is 5.97 Å². The normalized spacial score (nSPS) is 48.1. The summed E-state index contributed by atoms with van der Waals surface area (Å²) in [4.78, 5) is 14.3. The van der Waals surface area contributed by atoms with Crippen molar-refractivity contribution in [3.63, 3.8) is 0 Å². The van der Waals surface area contributed by atoms with Crippen LogP contribution in [0.4, 0.5) is 0 Å². The summed E-state index contributed by atoms with van der Waals surface area (Å²) in [6.45, 7) is 14.5. The van der Waals surface area contributed by atoms with Crippen molar-refractivity contribution in [3.8, 4) is 0 Å². The zero-order valence-electron chi connectivity index (χ0n) is 32.9. The van der Waals surface area contributed by atoms with E-state index in [1.54, 1.807) is 20.3 Å². The summed E-state index contributed by atoms with van der Waals surface area (Å²) in [5.41, 5.74) is 0.676. The Morgan fingerprint density at radius 2 is 1.77 bits per heavy atom. The predicted octanol–water partition coefficient (Wildman–Crippen LogP) is 5.50. The highest BCUT2D eigenvalue weighted by Gasteiger charge is 2.60. The molecule has 1 spiro atoms. The molecule has 3 saturated heterocycles. The molecular weight excluding hydrogens is 680 g/mol. The van der Waals surface area contributed by atoms with Crippen LogP contribution in [0.25, 0.3) is 0 Å². The smallest absolute Gasteiger partial charge is 0.316 e. The molecule has 0 aromatic heterocycles. The van der Waals surface area contributed by atoms with Gasteiger partial charge in [0.05, 0.1) is 37.1 Å². The Kier molecular flexibility index (Phi) is 12.6. The summed E-state index contributed by atoms with van der Waals surface area (Å²) in [5, 5.41) is 23.2. The fraction of sp³-hybridized carbons (Fsp3) is 0.738. The maximum absolute atomic E-state index is 14.3. The second-order valence-corrected chi connectivity index (χ2v) is 16.3. The minimum absolute atomic E-state index is 0.0623. The van der Waals surface area contributed by atoms with E-state index in [-0.39, 0.29) is 30.7 Å². The van der Waals surface area contributed by atoms with E-state index >= 15 is 0 Å². The van der Waals surface area contributed by atoms with E-state index in [0.29, 0.717) is 37.2 Å². The van der Waals surface area contributed by atoms with E-state index in [2.05, 4.69) is 39.8 Å². The molecule has 3 fully saturated rings. The van der Waals surface area contributed by atoms with Gasteiger partial charge in [-0.2, -0.15) is 0 Å². The molecule has 5 heterocycles. The molecule has 0 saturated carbocycles. The van der Waals surface area contributed by atoms with E-state index in [4.69, 9.17) is 37.9 Å². The minimum atomic E-state index is -1.68. The summed E-state index contributed by atoms with van der Waals surface area (Å²) in [6, 6.07) is 0. The first-order chi connectivity index (χ1) is 25.2. The van der Waals surface area contributed by atoms with Crippen LogP contribution in [0, 0.1) is 23.7 Å². The Morgan fingerprint density at radius 3 is 2.49 bits per heavy atom. The molecule has 0 amide bonds. The Bertz CT molecular complexity index is 1470. The Balaban J connectivity index is 1.39. The number of hydrogen-bond acceptors (Lipinski definition) is 11. The molecule has 1 unspecified atom stereocenters. The SMILES string of the molecule is CCC(C)[C@H]1O[C@@]2(C=C[C@@H]1C)C[C@@H]1C[C@@H](C/C=C(\C)[C@@H](O[C@H]3C[C@H](OC)[C@@H](O)[C@H](C)O3)[C@@H](C)/C=C/C=C3\CO[C@@H]4[C@H](OC)C(C)=C[C@@H](C(=O)O1)[C@]34O)O2. The molecule has 2 N–H and O–H groups in total. The number of carbonyl (C=O) groups excluding carboxylic acids is 1. The number of methoxy groups -OCH3 is 2. The second kappa shape index (κ2) is 16.5. The van der Waals surface area contributed by atoms with Gasteiger partial charge in [0.25, 0.3) is 0 Å². The Labute approximate surface area is 315 Å². The van der Waals surface area contributed by atoms with Gasteiger partial charge in [-0.05, 0) is 55.9 Å². The van der Waals surface area contributed by atoms with E-state index in [9.17, 15) is 15.0 Å². The molecule has 6 rings (SSSR count). The fourth-order valence-electron chi connectivity index (χ4n) is 9.16. The number of aliphatic hydroxyl groups is 2. The van der Waals surface area contributed by atoms with Gasteiger partial charge < -0.3 is 48.1 Å². The van der Waals surface area contributed by atoms with Gasteiger partial charge in [0, 0.05) is 45.3 Å². The lowest BCUT2D eigenvalue weighted by molar-refractivity contribution is -0.300. The zero-order valence-corrected chi connectivity index (χ0v) is 32.9. The topological polar surface area (TPSA) is 131 Å². The molecule has 2 bridgehead atoms. The van der Waals surface area contributed by atoms with Crippen molar-refractivity contribution in [1.29, 1.82) is 0 Å². The van der Waals surface area contributed by atoms with Crippen LogP contribution in [0.15, 0.2) is 59.3 Å². The number of esters is 1. The van der Waals surface area contributed by atoms with Crippen molar-refractivity contribution in [2.24, 2.45) is 23.7 Å². The maximum Gasteiger partial charge on any atom is 0.316 e. The number of fused-ring (bicyclic) bond motifs is 2. The van der Waals surface area contributed by atoms with Crippen molar-refractivity contribution < 1.29 is 52.9 Å². The van der Waals surface area contributed by atoms with Gasteiger partial charge in [-0.1, -0.05) is 70.6 Å². The van der Waals surface area contributed by atoms with Crippen LogP contribution in [0.5, 0.6) is 0 Å². The summed E-state index contributed by atoms with van der Waals surface area (Å²) >= 11 is 0. The van der Waals surface area contributed by atoms with Crippen molar-refractivity contribution in [2.75, 3.05) is 20.8 Å². The van der Waals surface area contributed by atoms with E-state index in [1.165, 1.54) is 0 Å². The standard InChI is InChI=1S/C42H62O11/c1-10-23(2)37-26(5)16-17-41(53-37)21-31-19-30(52-41)15-14-25(4)36(51-34-20-33(46-8)35(43)28(7)49-34)24(3)12-11-13-29-22-48-39-38(47-9)27(6)18-32(40(44)50-31)42(29,39)45/h11-14,16-18,23-24,26,28,30-39,43,45H,10,15,19-22H2,1-9H3/b12-11+,25-14+,29-13+/t23?,24-,26-,28-,30+,31-,32-,33-,34-,35-,36-,37+,38+,39+,41-,42+/m0/s1. The second-order valence-electron chi connectivity index (χ2n) is 16.3.